The third-order valence-corrected chi connectivity index (χ3v) is 7.33. The monoisotopic (exact) mass is 513 g/mol. The number of halogens is 1. The molecule has 0 bridgehead atoms. The maximum Gasteiger partial charge on any atom is 0.306 e. The molecular formula is C28H36ClN3O4. The lowest BCUT2D eigenvalue weighted by Crippen LogP contribution is -2.31. The molecular weight excluding hydrogens is 478 g/mol. The molecule has 1 heterocycles. The molecule has 1 aliphatic carbocycles. The molecule has 7 nitrogen and oxygen atoms in total. The van der Waals surface area contributed by atoms with E-state index in [0.29, 0.717) is 30.1 Å². The van der Waals surface area contributed by atoms with Gasteiger partial charge < -0.3 is 20.9 Å². The predicted octanol–water partition coefficient (Wildman–Crippen LogP) is 4.50. The van der Waals surface area contributed by atoms with Gasteiger partial charge in [-0.3, -0.25) is 15.0 Å². The summed E-state index contributed by atoms with van der Waals surface area (Å²) in [6.07, 6.45) is 6.76. The molecule has 2 aromatic carbocycles. The zero-order valence-electron chi connectivity index (χ0n) is 20.4. The summed E-state index contributed by atoms with van der Waals surface area (Å²) < 4.78 is 5.41. The maximum atomic E-state index is 12.4. The Kier molecular flexibility index (Phi) is 9.90. The van der Waals surface area contributed by atoms with Crippen molar-refractivity contribution in [3.63, 3.8) is 0 Å². The first-order valence-electron chi connectivity index (χ1n) is 12.6. The van der Waals surface area contributed by atoms with Gasteiger partial charge >= 0.3 is 5.97 Å². The number of amides is 1. The number of carbonyl (C=O) groups is 2. The second-order valence-corrected chi connectivity index (χ2v) is 9.82. The van der Waals surface area contributed by atoms with Gasteiger partial charge in [0.15, 0.2) is 0 Å². The minimum absolute atomic E-state index is 0. The molecule has 0 radical (unpaired) electrons. The van der Waals surface area contributed by atoms with Gasteiger partial charge in [0.05, 0.1) is 31.1 Å². The highest BCUT2D eigenvalue weighted by molar-refractivity contribution is 5.95. The van der Waals surface area contributed by atoms with Gasteiger partial charge in [-0.2, -0.15) is 0 Å². The van der Waals surface area contributed by atoms with E-state index in [0.717, 1.165) is 17.5 Å². The highest BCUT2D eigenvalue weighted by Gasteiger charge is 2.37. The molecule has 0 aromatic heterocycles. The number of benzene rings is 2. The van der Waals surface area contributed by atoms with Crippen molar-refractivity contribution in [1.82, 2.24) is 5.32 Å². The Morgan fingerprint density at radius 2 is 1.67 bits per heavy atom. The van der Waals surface area contributed by atoms with E-state index in [4.69, 9.17) is 15.9 Å². The van der Waals surface area contributed by atoms with Crippen molar-refractivity contribution in [1.29, 1.82) is 5.41 Å². The number of hydrogen-bond donors (Lipinski definition) is 4. The molecule has 8 heteroatoms. The summed E-state index contributed by atoms with van der Waals surface area (Å²) >= 11 is 0. The van der Waals surface area contributed by atoms with Crippen molar-refractivity contribution < 1.29 is 19.4 Å². The number of nitrogen functional groups attached to an aromatic ring is 1. The number of rotatable bonds is 9. The van der Waals surface area contributed by atoms with Crippen LogP contribution in [0.4, 0.5) is 0 Å². The maximum absolute atomic E-state index is 12.4. The Morgan fingerprint density at radius 1 is 1.06 bits per heavy atom. The van der Waals surface area contributed by atoms with Crippen LogP contribution in [0.2, 0.25) is 0 Å². The number of amidine groups is 1. The summed E-state index contributed by atoms with van der Waals surface area (Å²) in [5.74, 6) is -0.343. The summed E-state index contributed by atoms with van der Waals surface area (Å²) in [5.41, 5.74) is 8.83. The Labute approximate surface area is 218 Å². The topological polar surface area (TPSA) is 126 Å². The zero-order valence-corrected chi connectivity index (χ0v) is 21.3. The van der Waals surface area contributed by atoms with Crippen LogP contribution in [0.5, 0.6) is 0 Å². The Balaban J connectivity index is 0.00000361. The van der Waals surface area contributed by atoms with Crippen LogP contribution in [0.15, 0.2) is 48.5 Å². The van der Waals surface area contributed by atoms with Crippen LogP contribution in [0.25, 0.3) is 11.1 Å². The highest BCUT2D eigenvalue weighted by Crippen LogP contribution is 2.30. The van der Waals surface area contributed by atoms with Gasteiger partial charge in [-0.25, -0.2) is 0 Å². The van der Waals surface area contributed by atoms with E-state index in [1.807, 2.05) is 36.4 Å². The largest absolute Gasteiger partial charge is 0.466 e. The van der Waals surface area contributed by atoms with E-state index >= 15 is 0 Å². The summed E-state index contributed by atoms with van der Waals surface area (Å²) in [7, 11) is 0. The number of aliphatic hydroxyl groups excluding tert-OH is 1. The first-order chi connectivity index (χ1) is 16.9. The van der Waals surface area contributed by atoms with Gasteiger partial charge in [0.2, 0.25) is 5.91 Å². The SMILES string of the molecule is Cl.N=C(N)c1ccc(-c2ccc(C(O)[C@@H]3C[C@@H](CC(=O)OCCC4CCCCC4)C(=O)N3)cc2)cc1. The van der Waals surface area contributed by atoms with Gasteiger partial charge in [0.25, 0.3) is 0 Å². The van der Waals surface area contributed by atoms with Gasteiger partial charge in [-0.15, -0.1) is 12.4 Å². The minimum Gasteiger partial charge on any atom is -0.466 e. The first kappa shape index (κ1) is 27.7. The van der Waals surface area contributed by atoms with Crippen LogP contribution < -0.4 is 11.1 Å². The van der Waals surface area contributed by atoms with Crippen LogP contribution >= 0.6 is 12.4 Å². The summed E-state index contributed by atoms with van der Waals surface area (Å²) in [6, 6.07) is 14.5. The van der Waals surface area contributed by atoms with E-state index in [1.165, 1.54) is 32.1 Å². The molecule has 5 N–H and O–H groups in total. The Bertz CT molecular complexity index is 1040. The van der Waals surface area contributed by atoms with Crippen LogP contribution in [-0.4, -0.2) is 35.5 Å². The lowest BCUT2D eigenvalue weighted by atomic mass is 9.87. The van der Waals surface area contributed by atoms with E-state index in [9.17, 15) is 14.7 Å². The molecule has 0 spiro atoms. The number of nitrogens with two attached hydrogens (primary N) is 1. The smallest absolute Gasteiger partial charge is 0.306 e. The molecule has 194 valence electrons. The molecule has 2 aromatic rings. The standard InChI is InChI=1S/C28H35N3O4.ClH/c29-27(30)22-12-8-20(9-13-22)19-6-10-21(11-7-19)26(33)24-16-23(28(34)31-24)17-25(32)35-15-14-18-4-2-1-3-5-18;/h6-13,18,23-24,26,33H,1-5,14-17H2,(H3,29,30)(H,31,34);1H/t23-,24-,26?;/m0./s1. The Morgan fingerprint density at radius 3 is 2.28 bits per heavy atom. The zero-order chi connectivity index (χ0) is 24.8. The highest BCUT2D eigenvalue weighted by atomic mass is 35.5. The third-order valence-electron chi connectivity index (χ3n) is 7.33. The molecule has 2 fully saturated rings. The van der Waals surface area contributed by atoms with E-state index in [1.54, 1.807) is 12.1 Å². The summed E-state index contributed by atoms with van der Waals surface area (Å²) in [4.78, 5) is 24.7. The second-order valence-electron chi connectivity index (χ2n) is 9.82. The fourth-order valence-corrected chi connectivity index (χ4v) is 5.18. The molecule has 36 heavy (non-hydrogen) atoms. The average molecular weight is 514 g/mol. The number of aliphatic hydroxyl groups is 1. The Hall–Kier alpha value is -2.90. The van der Waals surface area contributed by atoms with Crippen molar-refractivity contribution >= 4 is 30.1 Å². The second kappa shape index (κ2) is 12.9. The molecule has 2 aliphatic rings. The first-order valence-corrected chi connectivity index (χ1v) is 12.6. The van der Waals surface area contributed by atoms with Crippen molar-refractivity contribution in [2.75, 3.05) is 6.61 Å². The molecule has 1 amide bonds. The molecule has 4 rings (SSSR count). The van der Waals surface area contributed by atoms with Crippen molar-refractivity contribution in [2.24, 2.45) is 17.6 Å². The van der Waals surface area contributed by atoms with Gasteiger partial charge in [-0.1, -0.05) is 80.6 Å². The number of hydrogen-bond acceptors (Lipinski definition) is 5. The molecule has 1 saturated carbocycles. The van der Waals surface area contributed by atoms with Crippen molar-refractivity contribution in [2.45, 2.75) is 63.5 Å². The molecule has 1 saturated heterocycles. The van der Waals surface area contributed by atoms with E-state index < -0.39 is 18.1 Å². The summed E-state index contributed by atoms with van der Waals surface area (Å²) in [5, 5.41) is 21.2. The van der Waals surface area contributed by atoms with E-state index in [-0.39, 0.29) is 36.5 Å². The lowest BCUT2D eigenvalue weighted by molar-refractivity contribution is -0.146. The van der Waals surface area contributed by atoms with Gasteiger partial charge in [0, 0.05) is 5.56 Å². The number of nitrogens with one attached hydrogen (secondary N) is 2. The fourth-order valence-electron chi connectivity index (χ4n) is 5.18. The predicted molar refractivity (Wildman–Crippen MR) is 142 cm³/mol. The van der Waals surface area contributed by atoms with Crippen molar-refractivity contribution in [3.8, 4) is 11.1 Å². The van der Waals surface area contributed by atoms with E-state index in [2.05, 4.69) is 5.32 Å². The average Bonchev–Trinajstić information content (AvgIpc) is 3.24. The van der Waals surface area contributed by atoms with Gasteiger partial charge in [-0.05, 0) is 35.4 Å². The minimum atomic E-state index is -0.861. The number of ether oxygens (including phenoxy) is 1. The van der Waals surface area contributed by atoms with Crippen molar-refractivity contribution in [3.05, 3.63) is 59.7 Å². The third kappa shape index (κ3) is 7.08. The lowest BCUT2D eigenvalue weighted by Gasteiger charge is -2.21. The molecule has 1 aliphatic heterocycles. The van der Waals surface area contributed by atoms with Crippen LogP contribution in [0.1, 0.15) is 68.6 Å². The normalized spacial score (nSPS) is 20.8. The fraction of sp³-hybridized carbons (Fsp3) is 0.464. The van der Waals surface area contributed by atoms with Gasteiger partial charge in [0.1, 0.15) is 5.84 Å². The van der Waals surface area contributed by atoms with Crippen LogP contribution in [-0.2, 0) is 14.3 Å². The summed E-state index contributed by atoms with van der Waals surface area (Å²) in [6.45, 7) is 0.424. The molecule has 1 unspecified atom stereocenters. The molecule has 3 atom stereocenters. The van der Waals surface area contributed by atoms with Crippen LogP contribution in [0.3, 0.4) is 0 Å². The number of carbonyl (C=O) groups excluding carboxylic acids is 2. The van der Waals surface area contributed by atoms with Crippen LogP contribution in [0, 0.1) is 17.2 Å². The number of esters is 1. The quantitative estimate of drug-likeness (QED) is 0.223.